The normalized spacial score (nSPS) is 10.4. The molecule has 0 radical (unpaired) electrons. The van der Waals surface area contributed by atoms with Gasteiger partial charge in [0.25, 0.3) is 0 Å². The van der Waals surface area contributed by atoms with Gasteiger partial charge in [0.05, 0.1) is 0 Å². The number of aromatic nitrogens is 3. The van der Waals surface area contributed by atoms with Crippen molar-refractivity contribution in [2.45, 2.75) is 13.5 Å². The fraction of sp³-hybridized carbons (Fsp3) is 0.125. The van der Waals surface area contributed by atoms with Gasteiger partial charge in [-0.1, -0.05) is 24.3 Å². The predicted molar refractivity (Wildman–Crippen MR) is 79.9 cm³/mol. The van der Waals surface area contributed by atoms with Crippen molar-refractivity contribution >= 4 is 5.95 Å². The molecule has 0 aliphatic carbocycles. The van der Waals surface area contributed by atoms with Crippen LogP contribution in [0.3, 0.4) is 0 Å². The summed E-state index contributed by atoms with van der Waals surface area (Å²) >= 11 is 0. The second kappa shape index (κ2) is 5.57. The molecule has 2 aromatic heterocycles. The van der Waals surface area contributed by atoms with Gasteiger partial charge >= 0.3 is 0 Å². The number of nitrogens with one attached hydrogen (secondary N) is 1. The fourth-order valence-electron chi connectivity index (χ4n) is 2.02. The van der Waals surface area contributed by atoms with Crippen LogP contribution in [0.15, 0.2) is 61.1 Å². The summed E-state index contributed by atoms with van der Waals surface area (Å²) < 4.78 is 2.03. The molecule has 4 heteroatoms. The highest BCUT2D eigenvalue weighted by atomic mass is 15.2. The fourth-order valence-corrected chi connectivity index (χ4v) is 2.02. The van der Waals surface area contributed by atoms with E-state index in [2.05, 4.69) is 33.5 Å². The Morgan fingerprint density at radius 2 is 1.90 bits per heavy atom. The van der Waals surface area contributed by atoms with Gasteiger partial charge in [-0.3, -0.25) is 9.55 Å². The number of imidazole rings is 1. The van der Waals surface area contributed by atoms with Crippen molar-refractivity contribution in [2.75, 3.05) is 5.32 Å². The maximum atomic E-state index is 4.36. The zero-order chi connectivity index (χ0) is 13.8. The Balaban J connectivity index is 1.76. The molecule has 1 aromatic carbocycles. The van der Waals surface area contributed by atoms with Crippen LogP contribution in [0.5, 0.6) is 0 Å². The first kappa shape index (κ1) is 12.4. The lowest BCUT2D eigenvalue weighted by Crippen LogP contribution is -2.06. The molecule has 0 bridgehead atoms. The molecule has 3 aromatic rings. The minimum atomic E-state index is 0.705. The van der Waals surface area contributed by atoms with Crippen molar-refractivity contribution in [1.29, 1.82) is 0 Å². The molecule has 2 heterocycles. The Kier molecular flexibility index (Phi) is 3.46. The first-order valence-electron chi connectivity index (χ1n) is 6.57. The van der Waals surface area contributed by atoms with Crippen LogP contribution >= 0.6 is 0 Å². The van der Waals surface area contributed by atoms with Crippen LogP contribution in [0, 0.1) is 6.92 Å². The molecule has 0 saturated carbocycles. The van der Waals surface area contributed by atoms with Gasteiger partial charge in [0.2, 0.25) is 5.95 Å². The number of nitrogens with zero attached hydrogens (tertiary/aromatic N) is 3. The lowest BCUT2D eigenvalue weighted by molar-refractivity contribution is 0.994. The minimum absolute atomic E-state index is 0.705. The summed E-state index contributed by atoms with van der Waals surface area (Å²) in [7, 11) is 0. The van der Waals surface area contributed by atoms with Gasteiger partial charge in [-0.05, 0) is 30.7 Å². The van der Waals surface area contributed by atoms with E-state index in [0.29, 0.717) is 6.54 Å². The van der Waals surface area contributed by atoms with E-state index in [4.69, 9.17) is 0 Å². The third kappa shape index (κ3) is 2.69. The predicted octanol–water partition coefficient (Wildman–Crippen LogP) is 3.19. The number of rotatable bonds is 4. The standard InChI is InChI=1S/C16H16N4/c1-13-7-8-14(11-18-13)12-19-16-17-9-10-20(16)15-5-3-2-4-6-15/h2-11H,12H2,1H3,(H,17,19). The first-order valence-corrected chi connectivity index (χ1v) is 6.57. The molecule has 0 unspecified atom stereocenters. The number of hydrogen-bond acceptors (Lipinski definition) is 3. The molecule has 100 valence electrons. The number of hydrogen-bond donors (Lipinski definition) is 1. The highest BCUT2D eigenvalue weighted by molar-refractivity contribution is 5.41. The van der Waals surface area contributed by atoms with Crippen molar-refractivity contribution in [3.63, 3.8) is 0 Å². The molecule has 0 aliphatic rings. The second-order valence-electron chi connectivity index (χ2n) is 4.62. The number of para-hydroxylation sites is 1. The summed E-state index contributed by atoms with van der Waals surface area (Å²) in [4.78, 5) is 8.65. The first-order chi connectivity index (χ1) is 9.83. The highest BCUT2D eigenvalue weighted by Gasteiger charge is 2.04. The van der Waals surface area contributed by atoms with E-state index >= 15 is 0 Å². The molecule has 0 spiro atoms. The maximum Gasteiger partial charge on any atom is 0.207 e. The average molecular weight is 264 g/mol. The number of benzene rings is 1. The zero-order valence-corrected chi connectivity index (χ0v) is 11.3. The van der Waals surface area contributed by atoms with Crippen molar-refractivity contribution in [3.05, 3.63) is 72.3 Å². The molecular formula is C16H16N4. The summed E-state index contributed by atoms with van der Waals surface area (Å²) in [5.74, 6) is 0.830. The molecule has 20 heavy (non-hydrogen) atoms. The number of pyridine rings is 1. The minimum Gasteiger partial charge on any atom is -0.351 e. The Morgan fingerprint density at radius 3 is 2.65 bits per heavy atom. The molecule has 0 aliphatic heterocycles. The van der Waals surface area contributed by atoms with E-state index in [-0.39, 0.29) is 0 Å². The topological polar surface area (TPSA) is 42.7 Å². The Morgan fingerprint density at radius 1 is 1.05 bits per heavy atom. The van der Waals surface area contributed by atoms with Crippen molar-refractivity contribution in [1.82, 2.24) is 14.5 Å². The van der Waals surface area contributed by atoms with Gasteiger partial charge in [0.1, 0.15) is 0 Å². The van der Waals surface area contributed by atoms with Gasteiger partial charge in [-0.15, -0.1) is 0 Å². The van der Waals surface area contributed by atoms with Crippen LogP contribution in [0.4, 0.5) is 5.95 Å². The van der Waals surface area contributed by atoms with Crippen molar-refractivity contribution < 1.29 is 0 Å². The molecular weight excluding hydrogens is 248 g/mol. The maximum absolute atomic E-state index is 4.36. The quantitative estimate of drug-likeness (QED) is 0.787. The summed E-state index contributed by atoms with van der Waals surface area (Å²) in [6.45, 7) is 2.69. The summed E-state index contributed by atoms with van der Waals surface area (Å²) in [6.07, 6.45) is 5.63. The smallest absolute Gasteiger partial charge is 0.207 e. The molecule has 3 rings (SSSR count). The lowest BCUT2D eigenvalue weighted by Gasteiger charge is -2.09. The van der Waals surface area contributed by atoms with Crippen LogP contribution in [-0.2, 0) is 6.54 Å². The Bertz CT molecular complexity index is 671. The van der Waals surface area contributed by atoms with Gasteiger partial charge in [-0.2, -0.15) is 0 Å². The van der Waals surface area contributed by atoms with E-state index in [0.717, 1.165) is 22.9 Å². The van der Waals surface area contributed by atoms with Gasteiger partial charge < -0.3 is 5.32 Å². The van der Waals surface area contributed by atoms with Crippen LogP contribution in [0.2, 0.25) is 0 Å². The lowest BCUT2D eigenvalue weighted by atomic mass is 10.2. The average Bonchev–Trinajstić information content (AvgIpc) is 2.96. The van der Waals surface area contributed by atoms with Crippen molar-refractivity contribution in [2.24, 2.45) is 0 Å². The molecule has 4 nitrogen and oxygen atoms in total. The van der Waals surface area contributed by atoms with E-state index in [9.17, 15) is 0 Å². The summed E-state index contributed by atoms with van der Waals surface area (Å²) in [5.41, 5.74) is 3.26. The number of aryl methyl sites for hydroxylation is 1. The van der Waals surface area contributed by atoms with Crippen LogP contribution < -0.4 is 5.32 Å². The van der Waals surface area contributed by atoms with Gasteiger partial charge in [0.15, 0.2) is 0 Å². The Labute approximate surface area is 118 Å². The van der Waals surface area contributed by atoms with E-state index < -0.39 is 0 Å². The van der Waals surface area contributed by atoms with Gasteiger partial charge in [0, 0.05) is 36.5 Å². The SMILES string of the molecule is Cc1ccc(CNc2nccn2-c2ccccc2)cn1. The Hall–Kier alpha value is -2.62. The molecule has 0 amide bonds. The zero-order valence-electron chi connectivity index (χ0n) is 11.3. The number of anilines is 1. The summed E-state index contributed by atoms with van der Waals surface area (Å²) in [6, 6.07) is 14.2. The van der Waals surface area contributed by atoms with Crippen molar-refractivity contribution in [3.8, 4) is 5.69 Å². The molecule has 0 fully saturated rings. The molecule has 0 saturated heterocycles. The van der Waals surface area contributed by atoms with Crippen LogP contribution in [0.25, 0.3) is 5.69 Å². The van der Waals surface area contributed by atoms with Gasteiger partial charge in [-0.25, -0.2) is 4.98 Å². The second-order valence-corrected chi connectivity index (χ2v) is 4.62. The molecule has 1 N–H and O–H groups in total. The van der Waals surface area contributed by atoms with Crippen LogP contribution in [-0.4, -0.2) is 14.5 Å². The van der Waals surface area contributed by atoms with E-state index in [1.165, 1.54) is 0 Å². The van der Waals surface area contributed by atoms with Crippen LogP contribution in [0.1, 0.15) is 11.3 Å². The third-order valence-corrected chi connectivity index (χ3v) is 3.10. The van der Waals surface area contributed by atoms with E-state index in [1.807, 2.05) is 48.1 Å². The largest absolute Gasteiger partial charge is 0.351 e. The molecule has 0 atom stereocenters. The van der Waals surface area contributed by atoms with E-state index in [1.54, 1.807) is 6.20 Å². The highest BCUT2D eigenvalue weighted by Crippen LogP contribution is 2.14. The third-order valence-electron chi connectivity index (χ3n) is 3.10. The summed E-state index contributed by atoms with van der Waals surface area (Å²) in [5, 5.41) is 3.34. The monoisotopic (exact) mass is 264 g/mol.